The van der Waals surface area contributed by atoms with Crippen LogP contribution in [-0.4, -0.2) is 29.7 Å². The van der Waals surface area contributed by atoms with Crippen molar-refractivity contribution in [2.75, 3.05) is 25.0 Å². The van der Waals surface area contributed by atoms with E-state index in [9.17, 15) is 0 Å². The Morgan fingerprint density at radius 3 is 3.14 bits per heavy atom. The Labute approximate surface area is 124 Å². The average molecular weight is 284 g/mol. The smallest absolute Gasteiger partial charge is 0.218 e. The third-order valence-corrected chi connectivity index (χ3v) is 3.64. The maximum atomic E-state index is 5.39. The van der Waals surface area contributed by atoms with Crippen LogP contribution in [0.5, 0.6) is 5.88 Å². The first-order valence-corrected chi connectivity index (χ1v) is 7.36. The number of rotatable bonds is 5. The van der Waals surface area contributed by atoms with Gasteiger partial charge in [-0.1, -0.05) is 24.3 Å². The van der Waals surface area contributed by atoms with Crippen LogP contribution in [0.25, 0.3) is 0 Å². The number of fused-ring (bicyclic) bond motifs is 1. The summed E-state index contributed by atoms with van der Waals surface area (Å²) in [5.41, 5.74) is 2.80. The Kier molecular flexibility index (Phi) is 4.31. The second kappa shape index (κ2) is 6.54. The van der Waals surface area contributed by atoms with Crippen LogP contribution in [0.1, 0.15) is 24.1 Å². The molecule has 2 heterocycles. The van der Waals surface area contributed by atoms with Gasteiger partial charge in [-0.25, -0.2) is 9.97 Å². The molecule has 1 unspecified atom stereocenters. The van der Waals surface area contributed by atoms with Crippen molar-refractivity contribution in [3.8, 4) is 5.88 Å². The molecule has 1 aromatic heterocycles. The molecule has 3 rings (SSSR count). The van der Waals surface area contributed by atoms with Gasteiger partial charge in [-0.15, -0.1) is 0 Å². The first-order valence-electron chi connectivity index (χ1n) is 7.36. The third-order valence-electron chi connectivity index (χ3n) is 3.64. The minimum absolute atomic E-state index is 0.306. The molecule has 2 N–H and O–H groups in total. The zero-order valence-corrected chi connectivity index (χ0v) is 12.2. The van der Waals surface area contributed by atoms with E-state index in [1.54, 1.807) is 0 Å². The van der Waals surface area contributed by atoms with E-state index in [0.717, 1.165) is 25.3 Å². The molecule has 1 aliphatic heterocycles. The summed E-state index contributed by atoms with van der Waals surface area (Å²) in [7, 11) is 0. The standard InChI is InChI=1S/C16H20N4O/c1-2-21-16-9-15(19-11-20-16)18-10-14-13-6-4-3-5-12(13)7-8-17-14/h3-6,9,11,14,17H,2,7-8,10H2,1H3,(H,18,19,20). The summed E-state index contributed by atoms with van der Waals surface area (Å²) in [4.78, 5) is 8.30. The highest BCUT2D eigenvalue weighted by Gasteiger charge is 2.18. The molecule has 1 atom stereocenters. The van der Waals surface area contributed by atoms with Crippen LogP contribution < -0.4 is 15.4 Å². The van der Waals surface area contributed by atoms with Crippen molar-refractivity contribution in [2.24, 2.45) is 0 Å². The van der Waals surface area contributed by atoms with E-state index in [1.165, 1.54) is 17.5 Å². The summed E-state index contributed by atoms with van der Waals surface area (Å²) in [6.45, 7) is 4.35. The monoisotopic (exact) mass is 284 g/mol. The number of ether oxygens (including phenoxy) is 1. The van der Waals surface area contributed by atoms with Crippen LogP contribution in [0.15, 0.2) is 36.7 Å². The Hall–Kier alpha value is -2.14. The first kappa shape index (κ1) is 13.8. The van der Waals surface area contributed by atoms with Crippen LogP contribution in [0.4, 0.5) is 5.82 Å². The van der Waals surface area contributed by atoms with E-state index in [0.29, 0.717) is 18.5 Å². The molecule has 2 aromatic rings. The van der Waals surface area contributed by atoms with Gasteiger partial charge < -0.3 is 15.4 Å². The topological polar surface area (TPSA) is 59.1 Å². The van der Waals surface area contributed by atoms with Crippen molar-refractivity contribution >= 4 is 5.82 Å². The first-order chi connectivity index (χ1) is 10.4. The molecule has 0 fully saturated rings. The van der Waals surface area contributed by atoms with Crippen LogP contribution in [0.2, 0.25) is 0 Å². The van der Waals surface area contributed by atoms with E-state index in [-0.39, 0.29) is 0 Å². The highest BCUT2D eigenvalue weighted by molar-refractivity contribution is 5.39. The fraction of sp³-hybridized carbons (Fsp3) is 0.375. The summed E-state index contributed by atoms with van der Waals surface area (Å²) < 4.78 is 5.39. The number of hydrogen-bond acceptors (Lipinski definition) is 5. The number of hydrogen-bond donors (Lipinski definition) is 2. The summed E-state index contributed by atoms with van der Waals surface area (Å²) >= 11 is 0. The van der Waals surface area contributed by atoms with E-state index >= 15 is 0 Å². The number of aromatic nitrogens is 2. The van der Waals surface area contributed by atoms with E-state index < -0.39 is 0 Å². The molecule has 1 aliphatic rings. The highest BCUT2D eigenvalue weighted by Crippen LogP contribution is 2.23. The van der Waals surface area contributed by atoms with Gasteiger partial charge in [0.15, 0.2) is 0 Å². The van der Waals surface area contributed by atoms with Crippen molar-refractivity contribution in [1.82, 2.24) is 15.3 Å². The van der Waals surface area contributed by atoms with Crippen LogP contribution in [-0.2, 0) is 6.42 Å². The number of benzene rings is 1. The largest absolute Gasteiger partial charge is 0.478 e. The normalized spacial score (nSPS) is 17.1. The van der Waals surface area contributed by atoms with Gasteiger partial charge in [0.1, 0.15) is 12.1 Å². The lowest BCUT2D eigenvalue weighted by Crippen LogP contribution is -2.34. The predicted octanol–water partition coefficient (Wildman–Crippen LogP) is 2.17. The molecule has 110 valence electrons. The lowest BCUT2D eigenvalue weighted by atomic mass is 9.94. The second-order valence-electron chi connectivity index (χ2n) is 5.01. The molecular formula is C16H20N4O. The van der Waals surface area contributed by atoms with Crippen molar-refractivity contribution < 1.29 is 4.74 Å². The Bertz CT molecular complexity index is 602. The molecule has 5 heteroatoms. The van der Waals surface area contributed by atoms with Gasteiger partial charge in [-0.05, 0) is 31.0 Å². The van der Waals surface area contributed by atoms with Gasteiger partial charge in [0.05, 0.1) is 6.61 Å². The third kappa shape index (κ3) is 3.31. The van der Waals surface area contributed by atoms with Gasteiger partial charge in [0.2, 0.25) is 5.88 Å². The summed E-state index contributed by atoms with van der Waals surface area (Å²) in [6, 6.07) is 10.7. The van der Waals surface area contributed by atoms with E-state index in [2.05, 4.69) is 44.9 Å². The maximum Gasteiger partial charge on any atom is 0.218 e. The van der Waals surface area contributed by atoms with Gasteiger partial charge in [-0.3, -0.25) is 0 Å². The molecule has 5 nitrogen and oxygen atoms in total. The summed E-state index contributed by atoms with van der Waals surface area (Å²) in [5, 5.41) is 6.91. The van der Waals surface area contributed by atoms with Crippen LogP contribution >= 0.6 is 0 Å². The molecule has 0 saturated carbocycles. The summed E-state index contributed by atoms with van der Waals surface area (Å²) in [5.74, 6) is 1.39. The molecule has 0 spiro atoms. The number of nitrogens with one attached hydrogen (secondary N) is 2. The highest BCUT2D eigenvalue weighted by atomic mass is 16.5. The van der Waals surface area contributed by atoms with Crippen molar-refractivity contribution in [3.63, 3.8) is 0 Å². The lowest BCUT2D eigenvalue weighted by Gasteiger charge is -2.27. The Morgan fingerprint density at radius 1 is 1.33 bits per heavy atom. The molecule has 0 radical (unpaired) electrons. The molecule has 21 heavy (non-hydrogen) atoms. The second-order valence-corrected chi connectivity index (χ2v) is 5.01. The average Bonchev–Trinajstić information content (AvgIpc) is 2.53. The minimum Gasteiger partial charge on any atom is -0.478 e. The zero-order valence-electron chi connectivity index (χ0n) is 12.2. The molecule has 0 aliphatic carbocycles. The lowest BCUT2D eigenvalue weighted by molar-refractivity contribution is 0.326. The van der Waals surface area contributed by atoms with Gasteiger partial charge in [0, 0.05) is 18.7 Å². The van der Waals surface area contributed by atoms with Crippen LogP contribution in [0.3, 0.4) is 0 Å². The summed E-state index contributed by atoms with van der Waals surface area (Å²) in [6.07, 6.45) is 2.62. The van der Waals surface area contributed by atoms with E-state index in [1.807, 2.05) is 13.0 Å². The maximum absolute atomic E-state index is 5.39. The molecule has 0 bridgehead atoms. The number of anilines is 1. The predicted molar refractivity (Wildman–Crippen MR) is 82.6 cm³/mol. The Balaban J connectivity index is 1.67. The van der Waals surface area contributed by atoms with Gasteiger partial charge in [0.25, 0.3) is 0 Å². The zero-order chi connectivity index (χ0) is 14.5. The van der Waals surface area contributed by atoms with Crippen molar-refractivity contribution in [2.45, 2.75) is 19.4 Å². The van der Waals surface area contributed by atoms with E-state index in [4.69, 9.17) is 4.74 Å². The fourth-order valence-electron chi connectivity index (χ4n) is 2.64. The van der Waals surface area contributed by atoms with Crippen molar-refractivity contribution in [3.05, 3.63) is 47.8 Å². The van der Waals surface area contributed by atoms with Crippen molar-refractivity contribution in [1.29, 1.82) is 0 Å². The van der Waals surface area contributed by atoms with Gasteiger partial charge in [-0.2, -0.15) is 0 Å². The minimum atomic E-state index is 0.306. The molecule has 0 amide bonds. The molecular weight excluding hydrogens is 264 g/mol. The van der Waals surface area contributed by atoms with Crippen LogP contribution in [0, 0.1) is 0 Å². The Morgan fingerprint density at radius 2 is 2.24 bits per heavy atom. The van der Waals surface area contributed by atoms with Gasteiger partial charge >= 0.3 is 0 Å². The fourth-order valence-corrected chi connectivity index (χ4v) is 2.64. The molecule has 0 saturated heterocycles. The SMILES string of the molecule is CCOc1cc(NCC2NCCc3ccccc32)ncn1. The number of nitrogens with zero attached hydrogens (tertiary/aromatic N) is 2. The molecule has 1 aromatic carbocycles. The quantitative estimate of drug-likeness (QED) is 0.881.